The molecular weight excluding hydrogens is 330 g/mol. The average molecular weight is 351 g/mol. The molecule has 1 aliphatic heterocycles. The van der Waals surface area contributed by atoms with Gasteiger partial charge in [-0.2, -0.15) is 0 Å². The van der Waals surface area contributed by atoms with Crippen molar-refractivity contribution in [2.75, 3.05) is 13.2 Å². The van der Waals surface area contributed by atoms with E-state index in [9.17, 15) is 4.79 Å². The van der Waals surface area contributed by atoms with Crippen LogP contribution in [0.2, 0.25) is 0 Å². The summed E-state index contributed by atoms with van der Waals surface area (Å²) in [5, 5.41) is 11.8. The molecule has 0 spiro atoms. The number of nitrogens with one attached hydrogen (secondary N) is 1. The zero-order valence-electron chi connectivity index (χ0n) is 14.4. The highest BCUT2D eigenvalue weighted by Crippen LogP contribution is 2.24. The second kappa shape index (κ2) is 7.61. The summed E-state index contributed by atoms with van der Waals surface area (Å²) >= 11 is 0. The van der Waals surface area contributed by atoms with Gasteiger partial charge in [0.05, 0.1) is 24.8 Å². The van der Waals surface area contributed by atoms with Crippen molar-refractivity contribution < 1.29 is 9.53 Å². The molecule has 2 aromatic heterocycles. The van der Waals surface area contributed by atoms with Crippen LogP contribution in [0.25, 0.3) is 10.9 Å². The van der Waals surface area contributed by atoms with Crippen LogP contribution in [0, 0.1) is 5.92 Å². The number of carbonyl (C=O) groups excluding carboxylic acids is 1. The van der Waals surface area contributed by atoms with Gasteiger partial charge in [-0.1, -0.05) is 18.2 Å². The topological polar surface area (TPSA) is 81.9 Å². The van der Waals surface area contributed by atoms with Gasteiger partial charge in [-0.05, 0) is 24.1 Å². The average Bonchev–Trinajstić information content (AvgIpc) is 3.33. The maximum atomic E-state index is 12.3. The lowest BCUT2D eigenvalue weighted by molar-refractivity contribution is -0.122. The van der Waals surface area contributed by atoms with Gasteiger partial charge in [0.1, 0.15) is 12.7 Å². The van der Waals surface area contributed by atoms with E-state index in [4.69, 9.17) is 4.74 Å². The minimum Gasteiger partial charge on any atom is -0.379 e. The Morgan fingerprint density at radius 2 is 2.04 bits per heavy atom. The molecule has 0 radical (unpaired) electrons. The van der Waals surface area contributed by atoms with Crippen molar-refractivity contribution in [1.82, 2.24) is 25.1 Å². The number of aryl methyl sites for hydroxylation is 1. The van der Waals surface area contributed by atoms with E-state index >= 15 is 0 Å². The van der Waals surface area contributed by atoms with E-state index in [1.54, 1.807) is 17.2 Å². The molecule has 1 saturated heterocycles. The number of para-hydroxylation sites is 1. The second-order valence-electron chi connectivity index (χ2n) is 6.61. The van der Waals surface area contributed by atoms with Gasteiger partial charge in [0, 0.05) is 30.5 Å². The van der Waals surface area contributed by atoms with Crippen molar-refractivity contribution in [2.24, 2.45) is 5.92 Å². The summed E-state index contributed by atoms with van der Waals surface area (Å²) in [7, 11) is 0. The van der Waals surface area contributed by atoms with Gasteiger partial charge in [0.2, 0.25) is 5.91 Å². The molecule has 0 saturated carbocycles. The SMILES string of the molecule is O=C(CCn1cnnc1)N[C@@H]1COC[C@H]1Cc1ccnc2ccccc12. The monoisotopic (exact) mass is 351 g/mol. The number of fused-ring (bicyclic) bond motifs is 1. The number of aromatic nitrogens is 4. The fraction of sp³-hybridized carbons (Fsp3) is 0.368. The Labute approximate surface area is 151 Å². The molecule has 4 rings (SSSR count). The van der Waals surface area contributed by atoms with Crippen molar-refractivity contribution in [2.45, 2.75) is 25.4 Å². The Hall–Kier alpha value is -2.80. The van der Waals surface area contributed by atoms with E-state index < -0.39 is 0 Å². The van der Waals surface area contributed by atoms with Crippen molar-refractivity contribution in [1.29, 1.82) is 0 Å². The number of carbonyl (C=O) groups is 1. The highest BCUT2D eigenvalue weighted by Gasteiger charge is 2.30. The van der Waals surface area contributed by atoms with Crippen molar-refractivity contribution in [3.63, 3.8) is 0 Å². The Kier molecular flexibility index (Phi) is 4.88. The molecule has 3 heterocycles. The zero-order valence-corrected chi connectivity index (χ0v) is 14.4. The standard InChI is InChI=1S/C19H21N5O2/c25-19(6-8-24-12-21-22-13-24)23-18-11-26-10-15(18)9-14-5-7-20-17-4-2-1-3-16(14)17/h1-5,7,12-13,15,18H,6,8-11H2,(H,23,25)/t15-,18-/m1/s1. The molecule has 1 fully saturated rings. The smallest absolute Gasteiger partial charge is 0.222 e. The van der Waals surface area contributed by atoms with E-state index in [1.807, 2.05) is 24.4 Å². The lowest BCUT2D eigenvalue weighted by Gasteiger charge is -2.20. The normalized spacial score (nSPS) is 19.7. The van der Waals surface area contributed by atoms with Crippen LogP contribution in [0.3, 0.4) is 0 Å². The van der Waals surface area contributed by atoms with Gasteiger partial charge in [-0.15, -0.1) is 10.2 Å². The maximum absolute atomic E-state index is 12.3. The van der Waals surface area contributed by atoms with E-state index in [-0.39, 0.29) is 17.9 Å². The molecule has 0 aliphatic carbocycles. The third kappa shape index (κ3) is 3.72. The number of benzene rings is 1. The van der Waals surface area contributed by atoms with Gasteiger partial charge >= 0.3 is 0 Å². The summed E-state index contributed by atoms with van der Waals surface area (Å²) < 4.78 is 7.45. The first-order valence-corrected chi connectivity index (χ1v) is 8.82. The van der Waals surface area contributed by atoms with E-state index in [0.717, 1.165) is 11.9 Å². The minimum absolute atomic E-state index is 0.0267. The number of pyridine rings is 1. The Balaban J connectivity index is 1.39. The van der Waals surface area contributed by atoms with Gasteiger partial charge in [0.25, 0.3) is 0 Å². The largest absolute Gasteiger partial charge is 0.379 e. The molecule has 1 N–H and O–H groups in total. The molecule has 1 aliphatic rings. The maximum Gasteiger partial charge on any atom is 0.222 e. The summed E-state index contributed by atoms with van der Waals surface area (Å²) in [6.07, 6.45) is 6.34. The van der Waals surface area contributed by atoms with E-state index in [0.29, 0.717) is 26.2 Å². The Morgan fingerprint density at radius 1 is 1.19 bits per heavy atom. The Bertz CT molecular complexity index is 875. The van der Waals surface area contributed by atoms with Crippen LogP contribution < -0.4 is 5.32 Å². The third-order valence-corrected chi connectivity index (χ3v) is 4.83. The van der Waals surface area contributed by atoms with Crippen molar-refractivity contribution in [3.8, 4) is 0 Å². The van der Waals surface area contributed by atoms with Crippen LogP contribution in [0.5, 0.6) is 0 Å². The number of amides is 1. The van der Waals surface area contributed by atoms with Crippen molar-refractivity contribution >= 4 is 16.8 Å². The summed E-state index contributed by atoms with van der Waals surface area (Å²) in [6.45, 7) is 1.80. The highest BCUT2D eigenvalue weighted by atomic mass is 16.5. The van der Waals surface area contributed by atoms with Crippen LogP contribution >= 0.6 is 0 Å². The lowest BCUT2D eigenvalue weighted by Crippen LogP contribution is -2.40. The number of hydrogen-bond acceptors (Lipinski definition) is 5. The molecule has 0 bridgehead atoms. The van der Waals surface area contributed by atoms with Crippen LogP contribution in [0.15, 0.2) is 49.2 Å². The van der Waals surface area contributed by atoms with Crippen LogP contribution in [0.1, 0.15) is 12.0 Å². The Morgan fingerprint density at radius 3 is 2.92 bits per heavy atom. The van der Waals surface area contributed by atoms with Gasteiger partial charge in [-0.25, -0.2) is 0 Å². The van der Waals surface area contributed by atoms with Gasteiger partial charge in [-0.3, -0.25) is 9.78 Å². The van der Waals surface area contributed by atoms with Crippen molar-refractivity contribution in [3.05, 3.63) is 54.7 Å². The summed E-state index contributed by atoms with van der Waals surface area (Å²) in [6, 6.07) is 10.2. The number of rotatable bonds is 6. The molecule has 2 atom stereocenters. The first-order chi connectivity index (χ1) is 12.8. The molecule has 26 heavy (non-hydrogen) atoms. The molecule has 7 nitrogen and oxygen atoms in total. The highest BCUT2D eigenvalue weighted by molar-refractivity contribution is 5.81. The van der Waals surface area contributed by atoms with Gasteiger partial charge in [0.15, 0.2) is 0 Å². The first kappa shape index (κ1) is 16.7. The number of nitrogens with zero attached hydrogens (tertiary/aromatic N) is 4. The van der Waals surface area contributed by atoms with Crippen LogP contribution in [-0.4, -0.2) is 44.9 Å². The first-order valence-electron chi connectivity index (χ1n) is 8.82. The summed E-state index contributed by atoms with van der Waals surface area (Å²) in [5.41, 5.74) is 2.24. The predicted molar refractivity (Wildman–Crippen MR) is 96.3 cm³/mol. The lowest BCUT2D eigenvalue weighted by atomic mass is 9.93. The van der Waals surface area contributed by atoms with Crippen LogP contribution in [0.4, 0.5) is 0 Å². The zero-order chi connectivity index (χ0) is 17.8. The number of hydrogen-bond donors (Lipinski definition) is 1. The molecule has 1 aromatic carbocycles. The van der Waals surface area contributed by atoms with E-state index in [2.05, 4.69) is 32.6 Å². The molecule has 0 unspecified atom stereocenters. The fourth-order valence-corrected chi connectivity index (χ4v) is 3.42. The molecule has 1 amide bonds. The second-order valence-corrected chi connectivity index (χ2v) is 6.61. The minimum atomic E-state index is 0.0267. The summed E-state index contributed by atoms with van der Waals surface area (Å²) in [4.78, 5) is 16.7. The number of ether oxygens (including phenoxy) is 1. The molecule has 3 aromatic rings. The van der Waals surface area contributed by atoms with E-state index in [1.165, 1.54) is 10.9 Å². The predicted octanol–water partition coefficient (Wildman–Crippen LogP) is 1.59. The molecule has 7 heteroatoms. The van der Waals surface area contributed by atoms with Gasteiger partial charge < -0.3 is 14.6 Å². The quantitative estimate of drug-likeness (QED) is 0.729. The summed E-state index contributed by atoms with van der Waals surface area (Å²) in [5.74, 6) is 0.290. The molecule has 134 valence electrons. The fourth-order valence-electron chi connectivity index (χ4n) is 3.42. The van der Waals surface area contributed by atoms with Crippen LogP contribution in [-0.2, 0) is 22.5 Å². The molecular formula is C19H21N5O2. The third-order valence-electron chi connectivity index (χ3n) is 4.83.